The van der Waals surface area contributed by atoms with Crippen molar-refractivity contribution in [3.8, 4) is 0 Å². The number of nitrogens with zero attached hydrogens (tertiary/aromatic N) is 1. The Kier molecular flexibility index (Phi) is 3.59. The summed E-state index contributed by atoms with van der Waals surface area (Å²) in [7, 11) is 0. The number of carboxylic acid groups (broad SMARTS) is 1. The third-order valence-corrected chi connectivity index (χ3v) is 4.93. The first-order valence-corrected chi connectivity index (χ1v) is 7.58. The molecule has 2 aliphatic rings. The van der Waals surface area contributed by atoms with Crippen LogP contribution in [0, 0.1) is 0 Å². The van der Waals surface area contributed by atoms with Crippen LogP contribution in [0.4, 0.5) is 0 Å². The Morgan fingerprint density at radius 2 is 2.10 bits per heavy atom. The minimum Gasteiger partial charge on any atom is -0.480 e. The monoisotopic (exact) mass is 306 g/mol. The number of piperazine rings is 1. The molecule has 0 spiro atoms. The predicted octanol–water partition coefficient (Wildman–Crippen LogP) is 0.288. The van der Waals surface area contributed by atoms with E-state index in [1.54, 1.807) is 11.8 Å². The Hall–Kier alpha value is -2.02. The van der Waals surface area contributed by atoms with Crippen molar-refractivity contribution < 1.29 is 19.5 Å². The van der Waals surface area contributed by atoms with Gasteiger partial charge in [0.25, 0.3) is 0 Å². The second-order valence-electron chi connectivity index (χ2n) is 5.03. The van der Waals surface area contributed by atoms with Crippen LogP contribution in [0.2, 0.25) is 0 Å². The topological polar surface area (TPSA) is 86.7 Å². The highest BCUT2D eigenvalue weighted by atomic mass is 32.2. The number of rotatable bonds is 2. The largest absolute Gasteiger partial charge is 0.480 e. The van der Waals surface area contributed by atoms with Crippen LogP contribution < -0.4 is 5.32 Å². The van der Waals surface area contributed by atoms with E-state index >= 15 is 0 Å². The smallest absolute Gasteiger partial charge is 0.328 e. The number of aliphatic carboxylic acids is 1. The molecular formula is C14H14N2O4S. The fraction of sp³-hybridized carbons (Fsp3) is 0.357. The van der Waals surface area contributed by atoms with Gasteiger partial charge >= 0.3 is 5.97 Å². The van der Waals surface area contributed by atoms with E-state index in [4.69, 9.17) is 0 Å². The van der Waals surface area contributed by atoms with Crippen molar-refractivity contribution >= 4 is 29.5 Å². The molecule has 2 aliphatic heterocycles. The van der Waals surface area contributed by atoms with Gasteiger partial charge in [-0.1, -0.05) is 18.2 Å². The summed E-state index contributed by atoms with van der Waals surface area (Å²) in [6, 6.07) is 6.62. The summed E-state index contributed by atoms with van der Waals surface area (Å²) in [6.45, 7) is -0.236. The van der Waals surface area contributed by atoms with Crippen LogP contribution in [0.3, 0.4) is 0 Å². The normalized spacial score (nSPS) is 24.4. The average Bonchev–Trinajstić information content (AvgIpc) is 2.90. The zero-order chi connectivity index (χ0) is 15.0. The van der Waals surface area contributed by atoms with Gasteiger partial charge in [0.2, 0.25) is 11.8 Å². The fourth-order valence-corrected chi connectivity index (χ4v) is 3.88. The van der Waals surface area contributed by atoms with E-state index in [0.717, 1.165) is 10.5 Å². The van der Waals surface area contributed by atoms with Crippen molar-refractivity contribution in [3.05, 3.63) is 29.8 Å². The van der Waals surface area contributed by atoms with E-state index in [0.29, 0.717) is 5.75 Å². The van der Waals surface area contributed by atoms with Crippen LogP contribution in [-0.2, 0) is 14.4 Å². The highest BCUT2D eigenvalue weighted by molar-refractivity contribution is 7.99. The maximum Gasteiger partial charge on any atom is 0.328 e. The molecular weight excluding hydrogens is 292 g/mol. The van der Waals surface area contributed by atoms with Gasteiger partial charge in [-0.25, -0.2) is 4.79 Å². The number of hydrogen-bond donors (Lipinski definition) is 2. The molecule has 2 heterocycles. The first-order valence-electron chi connectivity index (χ1n) is 6.59. The molecule has 1 saturated heterocycles. The molecule has 2 unspecified atom stereocenters. The molecule has 6 nitrogen and oxygen atoms in total. The minimum absolute atomic E-state index is 0.0403. The average molecular weight is 306 g/mol. The number of carbonyl (C=O) groups excluding carboxylic acids is 2. The molecule has 2 N–H and O–H groups in total. The molecule has 1 aromatic rings. The molecule has 0 radical (unpaired) electrons. The number of fused-ring (bicyclic) bond motifs is 1. The molecule has 2 amide bonds. The van der Waals surface area contributed by atoms with E-state index in [9.17, 15) is 19.5 Å². The number of thioether (sulfide) groups is 1. The van der Waals surface area contributed by atoms with Gasteiger partial charge in [0.15, 0.2) is 0 Å². The van der Waals surface area contributed by atoms with E-state index < -0.39 is 12.0 Å². The van der Waals surface area contributed by atoms with Gasteiger partial charge in [-0.3, -0.25) is 9.59 Å². The summed E-state index contributed by atoms with van der Waals surface area (Å²) in [6.07, 6.45) is 0. The Bertz CT molecular complexity index is 619. The summed E-state index contributed by atoms with van der Waals surface area (Å²) in [5.41, 5.74) is 0.919. The highest BCUT2D eigenvalue weighted by Crippen LogP contribution is 2.40. The van der Waals surface area contributed by atoms with Crippen LogP contribution in [-0.4, -0.2) is 52.7 Å². The summed E-state index contributed by atoms with van der Waals surface area (Å²) >= 11 is 1.58. The number of hydrogen-bond acceptors (Lipinski definition) is 4. The number of carbonyl (C=O) groups is 3. The molecule has 7 heteroatoms. The lowest BCUT2D eigenvalue weighted by atomic mass is 9.98. The summed E-state index contributed by atoms with van der Waals surface area (Å²) in [4.78, 5) is 37.7. The van der Waals surface area contributed by atoms with Gasteiger partial charge in [0, 0.05) is 17.2 Å². The van der Waals surface area contributed by atoms with Crippen molar-refractivity contribution in [1.29, 1.82) is 0 Å². The zero-order valence-corrected chi connectivity index (χ0v) is 11.9. The van der Waals surface area contributed by atoms with Crippen molar-refractivity contribution in [2.45, 2.75) is 16.9 Å². The van der Waals surface area contributed by atoms with Crippen molar-refractivity contribution in [1.82, 2.24) is 10.2 Å². The highest BCUT2D eigenvalue weighted by Gasteiger charge is 2.40. The lowest BCUT2D eigenvalue weighted by Crippen LogP contribution is -2.60. The third-order valence-electron chi connectivity index (χ3n) is 3.75. The van der Waals surface area contributed by atoms with Gasteiger partial charge in [-0.05, 0) is 11.6 Å². The molecule has 0 aromatic heterocycles. The lowest BCUT2D eigenvalue weighted by Gasteiger charge is -2.34. The van der Waals surface area contributed by atoms with Crippen LogP contribution in [0.25, 0.3) is 0 Å². The van der Waals surface area contributed by atoms with Crippen LogP contribution in [0.1, 0.15) is 11.5 Å². The number of benzene rings is 1. The molecule has 0 aliphatic carbocycles. The molecule has 110 valence electrons. The van der Waals surface area contributed by atoms with E-state index in [1.165, 1.54) is 4.90 Å². The Morgan fingerprint density at radius 1 is 1.33 bits per heavy atom. The van der Waals surface area contributed by atoms with E-state index in [-0.39, 0.29) is 30.8 Å². The van der Waals surface area contributed by atoms with Crippen molar-refractivity contribution in [2.75, 3.05) is 18.8 Å². The molecule has 2 atom stereocenters. The second-order valence-corrected chi connectivity index (χ2v) is 6.09. The standard InChI is InChI=1S/C14H14N2O4S/c17-12-6-16(10(5-15-12)14(19)20)13(18)9-7-21-11-4-2-1-3-8(9)11/h1-4,9-10H,5-7H2,(H,15,17)(H,19,20). The van der Waals surface area contributed by atoms with Gasteiger partial charge in [0.05, 0.1) is 5.92 Å². The first kappa shape index (κ1) is 13.9. The maximum atomic E-state index is 12.7. The molecule has 1 fully saturated rings. The maximum absolute atomic E-state index is 12.7. The lowest BCUT2D eigenvalue weighted by molar-refractivity contribution is -0.154. The number of amides is 2. The fourth-order valence-electron chi connectivity index (χ4n) is 2.66. The van der Waals surface area contributed by atoms with Crippen LogP contribution >= 0.6 is 11.8 Å². The third kappa shape index (κ3) is 2.49. The van der Waals surface area contributed by atoms with Crippen LogP contribution in [0.15, 0.2) is 29.2 Å². The Labute approximate surface area is 125 Å². The molecule has 0 saturated carbocycles. The van der Waals surface area contributed by atoms with Crippen LogP contribution in [0.5, 0.6) is 0 Å². The number of carboxylic acids is 1. The van der Waals surface area contributed by atoms with Gasteiger partial charge in [0.1, 0.15) is 12.6 Å². The van der Waals surface area contributed by atoms with E-state index in [2.05, 4.69) is 5.32 Å². The molecule has 0 bridgehead atoms. The number of nitrogens with one attached hydrogen (secondary N) is 1. The second kappa shape index (κ2) is 5.40. The Balaban J connectivity index is 1.87. The SMILES string of the molecule is O=C1CN(C(=O)C2CSc3ccccc32)C(C(=O)O)CN1. The summed E-state index contributed by atoms with van der Waals surface area (Å²) < 4.78 is 0. The summed E-state index contributed by atoms with van der Waals surface area (Å²) in [5.74, 6) is -1.49. The zero-order valence-electron chi connectivity index (χ0n) is 11.1. The minimum atomic E-state index is -1.10. The molecule has 3 rings (SSSR count). The van der Waals surface area contributed by atoms with Gasteiger partial charge < -0.3 is 15.3 Å². The molecule has 21 heavy (non-hydrogen) atoms. The first-order chi connectivity index (χ1) is 10.1. The molecule has 1 aromatic carbocycles. The summed E-state index contributed by atoms with van der Waals surface area (Å²) in [5, 5.41) is 11.7. The van der Waals surface area contributed by atoms with Gasteiger partial charge in [-0.15, -0.1) is 11.8 Å². The quantitative estimate of drug-likeness (QED) is 0.820. The van der Waals surface area contributed by atoms with Crippen molar-refractivity contribution in [2.24, 2.45) is 0 Å². The van der Waals surface area contributed by atoms with Crippen molar-refractivity contribution in [3.63, 3.8) is 0 Å². The Morgan fingerprint density at radius 3 is 2.86 bits per heavy atom. The van der Waals surface area contributed by atoms with E-state index in [1.807, 2.05) is 24.3 Å². The van der Waals surface area contributed by atoms with Gasteiger partial charge in [-0.2, -0.15) is 0 Å². The predicted molar refractivity (Wildman–Crippen MR) is 76.1 cm³/mol.